The Balaban J connectivity index is 2.00. The average Bonchev–Trinajstić information content (AvgIpc) is 2.65. The van der Waals surface area contributed by atoms with E-state index in [1.807, 2.05) is 18.2 Å². The second kappa shape index (κ2) is 4.81. The molecule has 3 rings (SSSR count). The molecule has 1 N–H and O–H groups in total. The molecule has 0 amide bonds. The minimum absolute atomic E-state index is 0.548. The summed E-state index contributed by atoms with van der Waals surface area (Å²) in [6.07, 6.45) is 7.74. The Kier molecular flexibility index (Phi) is 3.02. The minimum atomic E-state index is 0.548. The zero-order valence-corrected chi connectivity index (χ0v) is 10.4. The van der Waals surface area contributed by atoms with E-state index in [-0.39, 0.29) is 0 Å². The SMILES string of the molecule is N#Cc1cccc2[nH]c(C3CCCCCC3)nc12. The first kappa shape index (κ1) is 11.3. The summed E-state index contributed by atoms with van der Waals surface area (Å²) in [6.45, 7) is 0. The highest BCUT2D eigenvalue weighted by molar-refractivity contribution is 5.81. The second-order valence-electron chi connectivity index (χ2n) is 5.12. The van der Waals surface area contributed by atoms with E-state index >= 15 is 0 Å². The van der Waals surface area contributed by atoms with Crippen LogP contribution in [0.1, 0.15) is 55.8 Å². The molecule has 0 aliphatic heterocycles. The Morgan fingerprint density at radius 3 is 2.67 bits per heavy atom. The summed E-state index contributed by atoms with van der Waals surface area (Å²) in [4.78, 5) is 8.08. The van der Waals surface area contributed by atoms with Gasteiger partial charge in [-0.25, -0.2) is 4.98 Å². The molecule has 0 unspecified atom stereocenters. The van der Waals surface area contributed by atoms with Gasteiger partial charge in [-0.15, -0.1) is 0 Å². The Morgan fingerprint density at radius 1 is 1.17 bits per heavy atom. The fraction of sp³-hybridized carbons (Fsp3) is 0.467. The molecule has 0 atom stereocenters. The number of aromatic nitrogens is 2. The maximum Gasteiger partial charge on any atom is 0.110 e. The van der Waals surface area contributed by atoms with E-state index in [1.54, 1.807) is 0 Å². The third kappa shape index (κ3) is 1.99. The van der Waals surface area contributed by atoms with Crippen LogP contribution in [0.3, 0.4) is 0 Å². The molecule has 3 nitrogen and oxygen atoms in total. The van der Waals surface area contributed by atoms with E-state index in [9.17, 15) is 0 Å². The molecule has 0 radical (unpaired) electrons. The van der Waals surface area contributed by atoms with Crippen molar-refractivity contribution >= 4 is 11.0 Å². The van der Waals surface area contributed by atoms with E-state index in [1.165, 1.54) is 38.5 Å². The largest absolute Gasteiger partial charge is 0.342 e. The van der Waals surface area contributed by atoms with Crippen molar-refractivity contribution in [2.24, 2.45) is 0 Å². The molecular formula is C15H17N3. The van der Waals surface area contributed by atoms with Crippen LogP contribution in [0.5, 0.6) is 0 Å². The Labute approximate surface area is 107 Å². The quantitative estimate of drug-likeness (QED) is 0.768. The van der Waals surface area contributed by atoms with E-state index in [0.29, 0.717) is 11.5 Å². The highest BCUT2D eigenvalue weighted by atomic mass is 14.9. The lowest BCUT2D eigenvalue weighted by molar-refractivity contribution is 0.567. The van der Waals surface area contributed by atoms with Crippen molar-refractivity contribution in [1.29, 1.82) is 5.26 Å². The zero-order valence-electron chi connectivity index (χ0n) is 10.4. The van der Waals surface area contributed by atoms with E-state index in [0.717, 1.165) is 16.9 Å². The number of nitrogens with one attached hydrogen (secondary N) is 1. The molecule has 3 heteroatoms. The molecule has 0 bridgehead atoms. The number of rotatable bonds is 1. The zero-order chi connectivity index (χ0) is 12.4. The first-order chi connectivity index (χ1) is 8.88. The Morgan fingerprint density at radius 2 is 1.94 bits per heavy atom. The molecule has 2 aromatic rings. The third-order valence-corrected chi connectivity index (χ3v) is 3.89. The van der Waals surface area contributed by atoms with Crippen molar-refractivity contribution in [2.75, 3.05) is 0 Å². The van der Waals surface area contributed by atoms with Gasteiger partial charge in [-0.1, -0.05) is 31.7 Å². The number of fused-ring (bicyclic) bond motifs is 1. The number of imidazole rings is 1. The van der Waals surface area contributed by atoms with Gasteiger partial charge >= 0.3 is 0 Å². The normalized spacial score (nSPS) is 17.5. The van der Waals surface area contributed by atoms with Crippen LogP contribution in [-0.2, 0) is 0 Å². The van der Waals surface area contributed by atoms with Crippen LogP contribution in [0.2, 0.25) is 0 Å². The molecule has 1 saturated carbocycles. The minimum Gasteiger partial charge on any atom is -0.342 e. The van der Waals surface area contributed by atoms with Gasteiger partial charge in [0, 0.05) is 5.92 Å². The van der Waals surface area contributed by atoms with Gasteiger partial charge in [0.1, 0.15) is 17.4 Å². The lowest BCUT2D eigenvalue weighted by Gasteiger charge is -2.09. The number of hydrogen-bond acceptors (Lipinski definition) is 2. The van der Waals surface area contributed by atoms with Crippen LogP contribution in [0.4, 0.5) is 0 Å². The lowest BCUT2D eigenvalue weighted by atomic mass is 10.00. The van der Waals surface area contributed by atoms with Crippen molar-refractivity contribution in [3.63, 3.8) is 0 Å². The van der Waals surface area contributed by atoms with Gasteiger partial charge in [-0.2, -0.15) is 5.26 Å². The monoisotopic (exact) mass is 239 g/mol. The van der Waals surface area contributed by atoms with Crippen LogP contribution in [0.15, 0.2) is 18.2 Å². The van der Waals surface area contributed by atoms with Crippen LogP contribution in [0, 0.1) is 11.3 Å². The molecule has 0 spiro atoms. The maximum atomic E-state index is 9.10. The number of nitrogens with zero attached hydrogens (tertiary/aromatic N) is 2. The van der Waals surface area contributed by atoms with Gasteiger partial charge in [-0.05, 0) is 25.0 Å². The number of nitriles is 1. The fourth-order valence-corrected chi connectivity index (χ4v) is 2.89. The first-order valence-corrected chi connectivity index (χ1v) is 6.77. The van der Waals surface area contributed by atoms with Gasteiger partial charge in [-0.3, -0.25) is 0 Å². The number of aromatic amines is 1. The molecule has 92 valence electrons. The van der Waals surface area contributed by atoms with Crippen LogP contribution >= 0.6 is 0 Å². The molecule has 1 aromatic heterocycles. The van der Waals surface area contributed by atoms with E-state index in [4.69, 9.17) is 5.26 Å². The number of hydrogen-bond donors (Lipinski definition) is 1. The predicted octanol–water partition coefficient (Wildman–Crippen LogP) is 3.87. The summed E-state index contributed by atoms with van der Waals surface area (Å²) in [5, 5.41) is 9.10. The summed E-state index contributed by atoms with van der Waals surface area (Å²) >= 11 is 0. The maximum absolute atomic E-state index is 9.10. The summed E-state index contributed by atoms with van der Waals surface area (Å²) in [6, 6.07) is 7.97. The smallest absolute Gasteiger partial charge is 0.110 e. The number of H-pyrrole nitrogens is 1. The average molecular weight is 239 g/mol. The molecule has 0 saturated heterocycles. The Hall–Kier alpha value is -1.82. The summed E-state index contributed by atoms with van der Waals surface area (Å²) in [5.41, 5.74) is 2.50. The standard InChI is InChI=1S/C15H17N3/c16-10-12-8-5-9-13-14(12)18-15(17-13)11-6-3-1-2-4-7-11/h5,8-9,11H,1-4,6-7H2,(H,17,18). The van der Waals surface area contributed by atoms with Crippen molar-refractivity contribution in [2.45, 2.75) is 44.4 Å². The third-order valence-electron chi connectivity index (χ3n) is 3.89. The lowest BCUT2D eigenvalue weighted by Crippen LogP contribution is -1.99. The molecule has 1 aromatic carbocycles. The topological polar surface area (TPSA) is 52.5 Å². The van der Waals surface area contributed by atoms with Crippen LogP contribution in [0.25, 0.3) is 11.0 Å². The van der Waals surface area contributed by atoms with E-state index in [2.05, 4.69) is 16.0 Å². The van der Waals surface area contributed by atoms with Gasteiger partial charge in [0.15, 0.2) is 0 Å². The van der Waals surface area contributed by atoms with Crippen molar-refractivity contribution < 1.29 is 0 Å². The molecule has 1 aliphatic rings. The highest BCUT2D eigenvalue weighted by Gasteiger charge is 2.18. The highest BCUT2D eigenvalue weighted by Crippen LogP contribution is 2.31. The molecule has 18 heavy (non-hydrogen) atoms. The van der Waals surface area contributed by atoms with Gasteiger partial charge in [0.2, 0.25) is 0 Å². The van der Waals surface area contributed by atoms with Gasteiger partial charge in [0.05, 0.1) is 11.1 Å². The molecule has 1 fully saturated rings. The van der Waals surface area contributed by atoms with Gasteiger partial charge in [0.25, 0.3) is 0 Å². The Bertz CT molecular complexity index is 583. The fourth-order valence-electron chi connectivity index (χ4n) is 2.89. The second-order valence-corrected chi connectivity index (χ2v) is 5.12. The molecule has 1 aliphatic carbocycles. The summed E-state index contributed by atoms with van der Waals surface area (Å²) in [7, 11) is 0. The van der Waals surface area contributed by atoms with Crippen LogP contribution in [-0.4, -0.2) is 9.97 Å². The number of para-hydroxylation sites is 1. The van der Waals surface area contributed by atoms with Gasteiger partial charge < -0.3 is 4.98 Å². The summed E-state index contributed by atoms with van der Waals surface area (Å²) in [5.74, 6) is 1.63. The number of benzene rings is 1. The van der Waals surface area contributed by atoms with Crippen molar-refractivity contribution in [3.05, 3.63) is 29.6 Å². The first-order valence-electron chi connectivity index (χ1n) is 6.77. The molecular weight excluding hydrogens is 222 g/mol. The molecule has 1 heterocycles. The van der Waals surface area contributed by atoms with Crippen molar-refractivity contribution in [1.82, 2.24) is 9.97 Å². The van der Waals surface area contributed by atoms with E-state index < -0.39 is 0 Å². The summed E-state index contributed by atoms with van der Waals surface area (Å²) < 4.78 is 0. The van der Waals surface area contributed by atoms with Crippen molar-refractivity contribution in [3.8, 4) is 6.07 Å². The predicted molar refractivity (Wildman–Crippen MR) is 71.3 cm³/mol. The van der Waals surface area contributed by atoms with Crippen LogP contribution < -0.4 is 0 Å².